The molecule has 1 aliphatic heterocycles. The Balaban J connectivity index is 1.84. The molecule has 3 aromatic rings. The van der Waals surface area contributed by atoms with E-state index in [-0.39, 0.29) is 0 Å². The fourth-order valence-electron chi connectivity index (χ4n) is 3.45. The van der Waals surface area contributed by atoms with E-state index in [2.05, 4.69) is 4.98 Å². The molecule has 0 spiro atoms. The second-order valence-electron chi connectivity index (χ2n) is 6.67. The highest BCUT2D eigenvalue weighted by atomic mass is 19.4. The maximum Gasteiger partial charge on any atom is 0.416 e. The zero-order valence-electron chi connectivity index (χ0n) is 15.0. The lowest BCUT2D eigenvalue weighted by molar-refractivity contribution is -0.137. The standard InChI is InChI=1S/C20H18F3N3O/c1-12-9-14(10-13(2)24-12)19-17-11-27-8-7-18(17)26(25-19)16-5-3-15(4-6-16)20(21,22)23/h3-6,9-10H,7-8,11H2,1-2H3. The van der Waals surface area contributed by atoms with Crippen LogP contribution in [-0.2, 0) is 23.9 Å². The summed E-state index contributed by atoms with van der Waals surface area (Å²) in [5.41, 5.74) is 5.39. The number of nitrogens with zero attached hydrogens (tertiary/aromatic N) is 3. The molecule has 1 aliphatic rings. The third-order valence-electron chi connectivity index (χ3n) is 4.61. The number of ether oxygens (including phenoxy) is 1. The average molecular weight is 373 g/mol. The fraction of sp³-hybridized carbons (Fsp3) is 0.300. The quantitative estimate of drug-likeness (QED) is 0.657. The van der Waals surface area contributed by atoms with Crippen LogP contribution in [0.15, 0.2) is 36.4 Å². The summed E-state index contributed by atoms with van der Waals surface area (Å²) in [5, 5.41) is 4.73. The monoisotopic (exact) mass is 373 g/mol. The lowest BCUT2D eigenvalue weighted by atomic mass is 10.0. The van der Waals surface area contributed by atoms with E-state index in [0.717, 1.165) is 46.0 Å². The van der Waals surface area contributed by atoms with E-state index in [1.807, 2.05) is 26.0 Å². The number of aryl methyl sites for hydroxylation is 2. The predicted molar refractivity (Wildman–Crippen MR) is 94.6 cm³/mol. The third kappa shape index (κ3) is 3.35. The Bertz CT molecular complexity index is 971. The predicted octanol–water partition coefficient (Wildman–Crippen LogP) is 4.64. The molecule has 27 heavy (non-hydrogen) atoms. The van der Waals surface area contributed by atoms with Crippen molar-refractivity contribution in [2.24, 2.45) is 0 Å². The maximum atomic E-state index is 12.9. The molecule has 1 aromatic carbocycles. The van der Waals surface area contributed by atoms with Crippen LogP contribution in [0.2, 0.25) is 0 Å². The van der Waals surface area contributed by atoms with Crippen LogP contribution < -0.4 is 0 Å². The van der Waals surface area contributed by atoms with Gasteiger partial charge in [-0.3, -0.25) is 4.98 Å². The van der Waals surface area contributed by atoms with E-state index in [0.29, 0.717) is 25.3 Å². The van der Waals surface area contributed by atoms with Crippen LogP contribution in [0, 0.1) is 13.8 Å². The van der Waals surface area contributed by atoms with Gasteiger partial charge in [0.1, 0.15) is 0 Å². The smallest absolute Gasteiger partial charge is 0.376 e. The van der Waals surface area contributed by atoms with Gasteiger partial charge in [0.15, 0.2) is 0 Å². The molecule has 7 heteroatoms. The molecule has 0 fully saturated rings. The van der Waals surface area contributed by atoms with Gasteiger partial charge in [0.25, 0.3) is 0 Å². The largest absolute Gasteiger partial charge is 0.416 e. The van der Waals surface area contributed by atoms with Crippen molar-refractivity contribution in [3.8, 4) is 16.9 Å². The first-order valence-electron chi connectivity index (χ1n) is 8.65. The molecular weight excluding hydrogens is 355 g/mol. The van der Waals surface area contributed by atoms with Gasteiger partial charge in [-0.2, -0.15) is 18.3 Å². The van der Waals surface area contributed by atoms with E-state index in [1.54, 1.807) is 4.68 Å². The highest BCUT2D eigenvalue weighted by molar-refractivity contribution is 5.66. The maximum absolute atomic E-state index is 12.9. The molecule has 0 amide bonds. The molecule has 0 radical (unpaired) electrons. The summed E-state index contributed by atoms with van der Waals surface area (Å²) in [5.74, 6) is 0. The fourth-order valence-corrected chi connectivity index (χ4v) is 3.45. The molecule has 0 aliphatic carbocycles. The summed E-state index contributed by atoms with van der Waals surface area (Å²) < 4.78 is 45.9. The molecular formula is C20H18F3N3O. The number of halogens is 3. The van der Waals surface area contributed by atoms with Gasteiger partial charge in [0, 0.05) is 28.9 Å². The highest BCUT2D eigenvalue weighted by Gasteiger charge is 2.30. The number of hydrogen-bond donors (Lipinski definition) is 0. The molecule has 0 unspecified atom stereocenters. The molecule has 3 heterocycles. The van der Waals surface area contributed by atoms with E-state index >= 15 is 0 Å². The van der Waals surface area contributed by atoms with Crippen LogP contribution in [0.4, 0.5) is 13.2 Å². The first-order chi connectivity index (χ1) is 12.8. The second-order valence-corrected chi connectivity index (χ2v) is 6.67. The van der Waals surface area contributed by atoms with Crippen molar-refractivity contribution >= 4 is 0 Å². The van der Waals surface area contributed by atoms with Crippen molar-refractivity contribution in [1.82, 2.24) is 14.8 Å². The minimum atomic E-state index is -4.35. The number of hydrogen-bond acceptors (Lipinski definition) is 3. The number of aromatic nitrogens is 3. The van der Waals surface area contributed by atoms with Gasteiger partial charge in [-0.15, -0.1) is 0 Å². The molecule has 4 rings (SSSR count). The van der Waals surface area contributed by atoms with E-state index < -0.39 is 11.7 Å². The molecule has 140 valence electrons. The Morgan fingerprint density at radius 2 is 1.70 bits per heavy atom. The van der Waals surface area contributed by atoms with Crippen molar-refractivity contribution < 1.29 is 17.9 Å². The number of rotatable bonds is 2. The first-order valence-corrected chi connectivity index (χ1v) is 8.65. The topological polar surface area (TPSA) is 39.9 Å². The zero-order chi connectivity index (χ0) is 19.2. The Hall–Kier alpha value is -2.67. The van der Waals surface area contributed by atoms with Crippen molar-refractivity contribution in [2.45, 2.75) is 33.1 Å². The number of pyridine rings is 1. The van der Waals surface area contributed by atoms with Crippen LogP contribution in [0.25, 0.3) is 16.9 Å². The van der Waals surface area contributed by atoms with Crippen LogP contribution in [0.5, 0.6) is 0 Å². The van der Waals surface area contributed by atoms with Gasteiger partial charge in [-0.25, -0.2) is 4.68 Å². The summed E-state index contributed by atoms with van der Waals surface area (Å²) in [6.07, 6.45) is -3.69. The minimum Gasteiger partial charge on any atom is -0.376 e. The van der Waals surface area contributed by atoms with E-state index in [9.17, 15) is 13.2 Å². The van der Waals surface area contributed by atoms with Crippen LogP contribution in [-0.4, -0.2) is 21.4 Å². The van der Waals surface area contributed by atoms with Crippen molar-refractivity contribution in [1.29, 1.82) is 0 Å². The molecule has 0 atom stereocenters. The van der Waals surface area contributed by atoms with Crippen LogP contribution >= 0.6 is 0 Å². The van der Waals surface area contributed by atoms with E-state index in [4.69, 9.17) is 9.84 Å². The Morgan fingerprint density at radius 1 is 1.04 bits per heavy atom. The second kappa shape index (κ2) is 6.49. The van der Waals surface area contributed by atoms with Gasteiger partial charge in [0.2, 0.25) is 0 Å². The Morgan fingerprint density at radius 3 is 2.33 bits per heavy atom. The van der Waals surface area contributed by atoms with Gasteiger partial charge in [-0.1, -0.05) is 0 Å². The normalized spacial score (nSPS) is 14.3. The van der Waals surface area contributed by atoms with Crippen molar-refractivity contribution in [3.63, 3.8) is 0 Å². The molecule has 4 nitrogen and oxygen atoms in total. The average Bonchev–Trinajstić information content (AvgIpc) is 3.00. The minimum absolute atomic E-state index is 0.436. The van der Waals surface area contributed by atoms with Crippen molar-refractivity contribution in [2.75, 3.05) is 6.61 Å². The Kier molecular flexibility index (Phi) is 4.26. The van der Waals surface area contributed by atoms with Crippen molar-refractivity contribution in [3.05, 3.63) is 64.6 Å². The van der Waals surface area contributed by atoms with Gasteiger partial charge >= 0.3 is 6.18 Å². The molecule has 0 N–H and O–H groups in total. The summed E-state index contributed by atoms with van der Waals surface area (Å²) >= 11 is 0. The van der Waals surface area contributed by atoms with Gasteiger partial charge < -0.3 is 4.74 Å². The van der Waals surface area contributed by atoms with Crippen LogP contribution in [0.3, 0.4) is 0 Å². The highest BCUT2D eigenvalue weighted by Crippen LogP contribution is 2.33. The van der Waals surface area contributed by atoms with E-state index in [1.165, 1.54) is 12.1 Å². The summed E-state index contributed by atoms with van der Waals surface area (Å²) in [7, 11) is 0. The van der Waals surface area contributed by atoms with Gasteiger partial charge in [0.05, 0.1) is 35.9 Å². The number of alkyl halides is 3. The van der Waals surface area contributed by atoms with Gasteiger partial charge in [-0.05, 0) is 50.2 Å². The van der Waals surface area contributed by atoms with Crippen LogP contribution in [0.1, 0.15) is 28.2 Å². The molecule has 2 aromatic heterocycles. The SMILES string of the molecule is Cc1cc(-c2nn(-c3ccc(C(F)(F)F)cc3)c3c2COCC3)cc(C)n1. The summed E-state index contributed by atoms with van der Waals surface area (Å²) in [4.78, 5) is 4.40. The molecule has 0 bridgehead atoms. The zero-order valence-corrected chi connectivity index (χ0v) is 15.0. The number of fused-ring (bicyclic) bond motifs is 1. The number of benzene rings is 1. The summed E-state index contributed by atoms with van der Waals surface area (Å²) in [6, 6.07) is 9.01. The summed E-state index contributed by atoms with van der Waals surface area (Å²) in [6.45, 7) is 4.84. The lowest BCUT2D eigenvalue weighted by Gasteiger charge is -2.15. The molecule has 0 saturated heterocycles. The third-order valence-corrected chi connectivity index (χ3v) is 4.61. The first kappa shape index (κ1) is 17.7. The molecule has 0 saturated carbocycles. The Labute approximate surface area is 154 Å². The lowest BCUT2D eigenvalue weighted by Crippen LogP contribution is -2.13.